The molecule has 0 radical (unpaired) electrons. The Balaban J connectivity index is 2.81. The summed E-state index contributed by atoms with van der Waals surface area (Å²) < 4.78 is 10.1. The molecule has 0 bridgehead atoms. The monoisotopic (exact) mass is 239 g/mol. The number of carboxylic acids is 1. The minimum absolute atomic E-state index is 0.0610. The first-order chi connectivity index (χ1) is 8.08. The molecule has 0 saturated carbocycles. The van der Waals surface area contributed by atoms with E-state index in [0.717, 1.165) is 0 Å². The van der Waals surface area contributed by atoms with Crippen molar-refractivity contribution in [3.05, 3.63) is 23.8 Å². The highest BCUT2D eigenvalue weighted by molar-refractivity contribution is 6.31. The summed E-state index contributed by atoms with van der Waals surface area (Å²) >= 11 is 0. The summed E-state index contributed by atoms with van der Waals surface area (Å²) in [5, 5.41) is 10.7. The van der Waals surface area contributed by atoms with E-state index in [1.165, 1.54) is 14.2 Å². The Morgan fingerprint density at radius 3 is 2.53 bits per heavy atom. The molecule has 17 heavy (non-hydrogen) atoms. The number of carboxylic acid groups (broad SMARTS) is 1. The summed E-state index contributed by atoms with van der Waals surface area (Å²) in [5.74, 6) is -1.43. The molecule has 1 aromatic carbocycles. The molecule has 0 spiro atoms. The minimum atomic E-state index is -1.52. The number of nitrogens with one attached hydrogen (secondary N) is 1. The molecule has 0 aliphatic rings. The van der Waals surface area contributed by atoms with Crippen LogP contribution in [0.1, 0.15) is 5.56 Å². The molecule has 0 aliphatic heterocycles. The van der Waals surface area contributed by atoms with Crippen molar-refractivity contribution in [1.29, 1.82) is 0 Å². The van der Waals surface area contributed by atoms with Gasteiger partial charge in [0.1, 0.15) is 11.5 Å². The first-order valence-corrected chi connectivity index (χ1v) is 4.80. The van der Waals surface area contributed by atoms with E-state index in [0.29, 0.717) is 17.1 Å². The number of aliphatic carboxylic acids is 1. The van der Waals surface area contributed by atoms with E-state index in [-0.39, 0.29) is 6.54 Å². The average Bonchev–Trinajstić information content (AvgIpc) is 2.35. The zero-order valence-electron chi connectivity index (χ0n) is 9.52. The van der Waals surface area contributed by atoms with Gasteiger partial charge in [-0.1, -0.05) is 0 Å². The topological polar surface area (TPSA) is 84.9 Å². The maximum absolute atomic E-state index is 10.9. The zero-order valence-corrected chi connectivity index (χ0v) is 9.52. The fraction of sp³-hybridized carbons (Fsp3) is 0.273. The van der Waals surface area contributed by atoms with E-state index >= 15 is 0 Å². The molecule has 1 aromatic rings. The van der Waals surface area contributed by atoms with Crippen LogP contribution in [0.4, 0.5) is 0 Å². The molecule has 0 atom stereocenters. The number of ether oxygens (including phenoxy) is 2. The largest absolute Gasteiger partial charge is 0.497 e. The summed E-state index contributed by atoms with van der Waals surface area (Å²) in [6, 6.07) is 5.06. The average molecular weight is 239 g/mol. The van der Waals surface area contributed by atoms with E-state index in [1.54, 1.807) is 18.2 Å². The summed E-state index contributed by atoms with van der Waals surface area (Å²) in [6.45, 7) is 0.0610. The van der Waals surface area contributed by atoms with Gasteiger partial charge in [-0.25, -0.2) is 4.79 Å². The van der Waals surface area contributed by atoms with E-state index in [2.05, 4.69) is 5.32 Å². The van der Waals surface area contributed by atoms with Crippen LogP contribution >= 0.6 is 0 Å². The number of rotatable bonds is 4. The number of amides is 1. The van der Waals surface area contributed by atoms with Crippen LogP contribution in [0.5, 0.6) is 11.5 Å². The lowest BCUT2D eigenvalue weighted by Crippen LogP contribution is -2.30. The standard InChI is InChI=1S/C11H13NO5/c1-16-8-3-4-9(17-2)7(5-8)6-12-10(13)11(14)15/h3-5H,6H2,1-2H3,(H,12,13)(H,14,15). The Labute approximate surface area is 98.2 Å². The van der Waals surface area contributed by atoms with Crippen molar-refractivity contribution in [3.63, 3.8) is 0 Å². The van der Waals surface area contributed by atoms with Gasteiger partial charge < -0.3 is 19.9 Å². The summed E-state index contributed by atoms with van der Waals surface area (Å²) in [6.07, 6.45) is 0. The highest BCUT2D eigenvalue weighted by Crippen LogP contribution is 2.23. The Morgan fingerprint density at radius 1 is 1.29 bits per heavy atom. The Hall–Kier alpha value is -2.24. The van der Waals surface area contributed by atoms with Crippen LogP contribution in [-0.2, 0) is 16.1 Å². The maximum Gasteiger partial charge on any atom is 0.394 e. The predicted molar refractivity (Wildman–Crippen MR) is 59.0 cm³/mol. The SMILES string of the molecule is COc1ccc(OC)c(CNC(=O)C(=O)O)c1. The molecular formula is C11H13NO5. The van der Waals surface area contributed by atoms with Gasteiger partial charge in [0.25, 0.3) is 0 Å². The number of carbonyl (C=O) groups excluding carboxylic acids is 1. The zero-order chi connectivity index (χ0) is 12.8. The van der Waals surface area contributed by atoms with E-state index in [9.17, 15) is 9.59 Å². The molecular weight excluding hydrogens is 226 g/mol. The normalized spacial score (nSPS) is 9.53. The number of methoxy groups -OCH3 is 2. The first-order valence-electron chi connectivity index (χ1n) is 4.80. The molecule has 1 amide bonds. The number of carbonyl (C=O) groups is 2. The van der Waals surface area contributed by atoms with Crippen LogP contribution in [-0.4, -0.2) is 31.2 Å². The number of benzene rings is 1. The van der Waals surface area contributed by atoms with Crippen molar-refractivity contribution >= 4 is 11.9 Å². The van der Waals surface area contributed by atoms with Crippen molar-refractivity contribution in [2.45, 2.75) is 6.54 Å². The van der Waals surface area contributed by atoms with Gasteiger partial charge >= 0.3 is 11.9 Å². The molecule has 0 aliphatic carbocycles. The maximum atomic E-state index is 10.9. The van der Waals surface area contributed by atoms with Crippen LogP contribution in [0.15, 0.2) is 18.2 Å². The number of hydrogen-bond donors (Lipinski definition) is 2. The molecule has 6 heteroatoms. The van der Waals surface area contributed by atoms with E-state index in [4.69, 9.17) is 14.6 Å². The molecule has 92 valence electrons. The van der Waals surface area contributed by atoms with Crippen LogP contribution in [0.2, 0.25) is 0 Å². The molecule has 0 saturated heterocycles. The van der Waals surface area contributed by atoms with Gasteiger partial charge in [-0.3, -0.25) is 4.79 Å². The number of hydrogen-bond acceptors (Lipinski definition) is 4. The molecule has 0 unspecified atom stereocenters. The first kappa shape index (κ1) is 12.8. The Bertz CT molecular complexity index is 430. The molecule has 0 heterocycles. The predicted octanol–water partition coefficient (Wildman–Crippen LogP) is 0.405. The van der Waals surface area contributed by atoms with Gasteiger partial charge in [0.2, 0.25) is 0 Å². The lowest BCUT2D eigenvalue weighted by molar-refractivity contribution is -0.150. The summed E-state index contributed by atoms with van der Waals surface area (Å²) in [4.78, 5) is 21.2. The van der Waals surface area contributed by atoms with Gasteiger partial charge in [-0.15, -0.1) is 0 Å². The summed E-state index contributed by atoms with van der Waals surface area (Å²) in [7, 11) is 3.01. The van der Waals surface area contributed by atoms with Crippen LogP contribution in [0.25, 0.3) is 0 Å². The van der Waals surface area contributed by atoms with Gasteiger partial charge in [0.05, 0.1) is 14.2 Å². The van der Waals surface area contributed by atoms with E-state index < -0.39 is 11.9 Å². The van der Waals surface area contributed by atoms with Crippen molar-refractivity contribution in [3.8, 4) is 11.5 Å². The smallest absolute Gasteiger partial charge is 0.394 e. The van der Waals surface area contributed by atoms with Gasteiger partial charge in [-0.2, -0.15) is 0 Å². The Kier molecular flexibility index (Phi) is 4.33. The van der Waals surface area contributed by atoms with Gasteiger partial charge in [0.15, 0.2) is 0 Å². The van der Waals surface area contributed by atoms with Crippen LogP contribution in [0.3, 0.4) is 0 Å². The molecule has 0 aromatic heterocycles. The summed E-state index contributed by atoms with van der Waals surface area (Å²) in [5.41, 5.74) is 0.640. The third-order valence-electron chi connectivity index (χ3n) is 2.12. The third-order valence-corrected chi connectivity index (χ3v) is 2.12. The van der Waals surface area contributed by atoms with Crippen molar-refractivity contribution in [1.82, 2.24) is 5.32 Å². The third kappa shape index (κ3) is 3.37. The second kappa shape index (κ2) is 5.74. The van der Waals surface area contributed by atoms with Crippen LogP contribution < -0.4 is 14.8 Å². The van der Waals surface area contributed by atoms with E-state index in [1.807, 2.05) is 0 Å². The van der Waals surface area contributed by atoms with Gasteiger partial charge in [-0.05, 0) is 18.2 Å². The highest BCUT2D eigenvalue weighted by atomic mass is 16.5. The lowest BCUT2D eigenvalue weighted by Gasteiger charge is -2.10. The van der Waals surface area contributed by atoms with Gasteiger partial charge in [0, 0.05) is 12.1 Å². The quantitative estimate of drug-likeness (QED) is 0.743. The van der Waals surface area contributed by atoms with Crippen molar-refractivity contribution < 1.29 is 24.2 Å². The highest BCUT2D eigenvalue weighted by Gasteiger charge is 2.12. The molecule has 6 nitrogen and oxygen atoms in total. The second-order valence-electron chi connectivity index (χ2n) is 3.17. The lowest BCUT2D eigenvalue weighted by atomic mass is 10.2. The molecule has 2 N–H and O–H groups in total. The second-order valence-corrected chi connectivity index (χ2v) is 3.17. The molecule has 1 rings (SSSR count). The van der Waals surface area contributed by atoms with Crippen molar-refractivity contribution in [2.75, 3.05) is 14.2 Å². The fourth-order valence-corrected chi connectivity index (χ4v) is 1.27. The molecule has 0 fully saturated rings. The fourth-order valence-electron chi connectivity index (χ4n) is 1.27. The van der Waals surface area contributed by atoms with Crippen LogP contribution in [0, 0.1) is 0 Å². The Morgan fingerprint density at radius 2 is 2.00 bits per heavy atom. The van der Waals surface area contributed by atoms with Crippen molar-refractivity contribution in [2.24, 2.45) is 0 Å². The minimum Gasteiger partial charge on any atom is -0.497 e.